The Balaban J connectivity index is 1.98. The smallest absolute Gasteiger partial charge is 0.261 e. The van der Waals surface area contributed by atoms with Crippen molar-refractivity contribution in [1.82, 2.24) is 10.3 Å². The molecule has 0 fully saturated rings. The van der Waals surface area contributed by atoms with E-state index in [0.717, 1.165) is 10.7 Å². The first-order valence-electron chi connectivity index (χ1n) is 4.66. The van der Waals surface area contributed by atoms with Gasteiger partial charge < -0.3 is 10.1 Å². The van der Waals surface area contributed by atoms with Crippen LogP contribution in [-0.2, 0) is 11.3 Å². The lowest BCUT2D eigenvalue weighted by Gasteiger charge is -2.04. The second-order valence-electron chi connectivity index (χ2n) is 3.00. The summed E-state index contributed by atoms with van der Waals surface area (Å²) in [6.45, 7) is 2.97. The maximum Gasteiger partial charge on any atom is 0.261 e. The van der Waals surface area contributed by atoms with E-state index in [1.54, 1.807) is 11.3 Å². The molecule has 6 heteroatoms. The second-order valence-corrected chi connectivity index (χ2v) is 4.06. The predicted molar refractivity (Wildman–Crippen MR) is 55.4 cm³/mol. The third kappa shape index (κ3) is 5.76. The zero-order valence-electron chi connectivity index (χ0n) is 8.50. The molecule has 1 aromatic rings. The van der Waals surface area contributed by atoms with Crippen LogP contribution in [0.2, 0.25) is 0 Å². The Bertz CT molecular complexity index is 281. The Kier molecular flexibility index (Phi) is 5.67. The van der Waals surface area contributed by atoms with Crippen molar-refractivity contribution in [3.05, 3.63) is 16.1 Å². The van der Waals surface area contributed by atoms with E-state index in [9.17, 15) is 8.78 Å². The van der Waals surface area contributed by atoms with Crippen molar-refractivity contribution in [3.8, 4) is 0 Å². The molecule has 1 N–H and O–H groups in total. The molecule has 0 bridgehead atoms. The molecule has 0 spiro atoms. The lowest BCUT2D eigenvalue weighted by Crippen LogP contribution is -2.20. The number of thiazole rings is 1. The zero-order chi connectivity index (χ0) is 11.1. The molecular weight excluding hydrogens is 222 g/mol. The first-order valence-corrected chi connectivity index (χ1v) is 5.54. The Hall–Kier alpha value is -0.590. The number of rotatable bonds is 7. The molecule has 0 saturated carbocycles. The van der Waals surface area contributed by atoms with Crippen LogP contribution < -0.4 is 5.32 Å². The summed E-state index contributed by atoms with van der Waals surface area (Å²) in [5.41, 5.74) is 0.978. The minimum atomic E-state index is -2.38. The Morgan fingerprint density at radius 1 is 1.60 bits per heavy atom. The van der Waals surface area contributed by atoms with Crippen LogP contribution >= 0.6 is 11.3 Å². The summed E-state index contributed by atoms with van der Waals surface area (Å²) < 4.78 is 28.0. The van der Waals surface area contributed by atoms with Crippen molar-refractivity contribution in [2.45, 2.75) is 19.9 Å². The van der Waals surface area contributed by atoms with E-state index in [4.69, 9.17) is 4.74 Å². The molecule has 15 heavy (non-hydrogen) atoms. The summed E-state index contributed by atoms with van der Waals surface area (Å²) in [6.07, 6.45) is -2.38. The molecule has 0 unspecified atom stereocenters. The van der Waals surface area contributed by atoms with Gasteiger partial charge in [-0.1, -0.05) is 0 Å². The van der Waals surface area contributed by atoms with Crippen LogP contribution in [0.5, 0.6) is 0 Å². The quantitative estimate of drug-likeness (QED) is 0.733. The number of halogens is 2. The van der Waals surface area contributed by atoms with Crippen LogP contribution in [0, 0.1) is 6.92 Å². The number of hydrogen-bond acceptors (Lipinski definition) is 4. The lowest BCUT2D eigenvalue weighted by molar-refractivity contribution is 0.0187. The molecule has 1 heterocycles. The van der Waals surface area contributed by atoms with Gasteiger partial charge in [0.05, 0.1) is 17.3 Å². The molecule has 0 amide bonds. The fourth-order valence-electron chi connectivity index (χ4n) is 1.02. The monoisotopic (exact) mass is 236 g/mol. The van der Waals surface area contributed by atoms with Crippen LogP contribution in [0.25, 0.3) is 0 Å². The van der Waals surface area contributed by atoms with E-state index < -0.39 is 13.0 Å². The first kappa shape index (κ1) is 12.5. The number of alkyl halides is 2. The number of nitrogens with zero attached hydrogens (tertiary/aromatic N) is 1. The highest BCUT2D eigenvalue weighted by Crippen LogP contribution is 2.06. The minimum Gasteiger partial charge on any atom is -0.374 e. The SMILES string of the molecule is Cc1nc(CNCCOCC(F)F)cs1. The van der Waals surface area contributed by atoms with Crippen molar-refractivity contribution >= 4 is 11.3 Å². The van der Waals surface area contributed by atoms with Gasteiger partial charge in [-0.3, -0.25) is 0 Å². The molecule has 86 valence electrons. The maximum atomic E-state index is 11.7. The largest absolute Gasteiger partial charge is 0.374 e. The summed E-state index contributed by atoms with van der Waals surface area (Å²) in [5.74, 6) is 0. The van der Waals surface area contributed by atoms with Crippen molar-refractivity contribution in [1.29, 1.82) is 0 Å². The highest BCUT2D eigenvalue weighted by molar-refractivity contribution is 7.09. The maximum absolute atomic E-state index is 11.7. The van der Waals surface area contributed by atoms with Crippen LogP contribution in [0.3, 0.4) is 0 Å². The summed E-state index contributed by atoms with van der Waals surface area (Å²) in [6, 6.07) is 0. The molecule has 0 aliphatic carbocycles. The van der Waals surface area contributed by atoms with Gasteiger partial charge in [0, 0.05) is 18.5 Å². The van der Waals surface area contributed by atoms with Crippen molar-refractivity contribution in [2.75, 3.05) is 19.8 Å². The van der Waals surface area contributed by atoms with Crippen molar-refractivity contribution in [3.63, 3.8) is 0 Å². The average Bonchev–Trinajstić information content (AvgIpc) is 2.57. The fourth-order valence-corrected chi connectivity index (χ4v) is 1.64. The van der Waals surface area contributed by atoms with E-state index in [1.807, 2.05) is 12.3 Å². The van der Waals surface area contributed by atoms with E-state index in [2.05, 4.69) is 10.3 Å². The molecule has 1 aromatic heterocycles. The zero-order valence-corrected chi connectivity index (χ0v) is 9.32. The number of hydrogen-bond donors (Lipinski definition) is 1. The van der Waals surface area contributed by atoms with Gasteiger partial charge in [-0.05, 0) is 6.92 Å². The van der Waals surface area contributed by atoms with Gasteiger partial charge in [-0.15, -0.1) is 11.3 Å². The first-order chi connectivity index (χ1) is 7.18. The number of aryl methyl sites for hydroxylation is 1. The summed E-state index contributed by atoms with van der Waals surface area (Å²) in [5, 5.41) is 6.07. The second kappa shape index (κ2) is 6.81. The minimum absolute atomic E-state index is 0.299. The number of nitrogens with one attached hydrogen (secondary N) is 1. The van der Waals surface area contributed by atoms with Gasteiger partial charge in [0.15, 0.2) is 0 Å². The van der Waals surface area contributed by atoms with Crippen LogP contribution in [0.4, 0.5) is 8.78 Å². The highest BCUT2D eigenvalue weighted by atomic mass is 32.1. The van der Waals surface area contributed by atoms with Crippen molar-refractivity contribution in [2.24, 2.45) is 0 Å². The van der Waals surface area contributed by atoms with Crippen LogP contribution in [0.1, 0.15) is 10.7 Å². The Morgan fingerprint density at radius 2 is 2.40 bits per heavy atom. The van der Waals surface area contributed by atoms with Gasteiger partial charge in [-0.25, -0.2) is 13.8 Å². The van der Waals surface area contributed by atoms with Crippen LogP contribution in [0.15, 0.2) is 5.38 Å². The fraction of sp³-hybridized carbons (Fsp3) is 0.667. The Morgan fingerprint density at radius 3 is 3.00 bits per heavy atom. The molecule has 0 radical (unpaired) electrons. The number of ether oxygens (including phenoxy) is 1. The molecule has 0 aliphatic rings. The third-order valence-corrected chi connectivity index (χ3v) is 2.46. The van der Waals surface area contributed by atoms with Gasteiger partial charge in [-0.2, -0.15) is 0 Å². The van der Waals surface area contributed by atoms with Crippen molar-refractivity contribution < 1.29 is 13.5 Å². The van der Waals surface area contributed by atoms with E-state index in [-0.39, 0.29) is 0 Å². The van der Waals surface area contributed by atoms with E-state index >= 15 is 0 Å². The average molecular weight is 236 g/mol. The number of aromatic nitrogens is 1. The summed E-state index contributed by atoms with van der Waals surface area (Å²) >= 11 is 1.60. The van der Waals surface area contributed by atoms with Gasteiger partial charge in [0.1, 0.15) is 6.61 Å². The topological polar surface area (TPSA) is 34.2 Å². The molecule has 1 rings (SSSR count). The third-order valence-electron chi connectivity index (χ3n) is 1.64. The summed E-state index contributed by atoms with van der Waals surface area (Å²) in [7, 11) is 0. The van der Waals surface area contributed by atoms with Crippen LogP contribution in [-0.4, -0.2) is 31.2 Å². The van der Waals surface area contributed by atoms with E-state index in [0.29, 0.717) is 19.7 Å². The molecule has 0 atom stereocenters. The lowest BCUT2D eigenvalue weighted by atomic mass is 10.5. The van der Waals surface area contributed by atoms with Gasteiger partial charge in [0.25, 0.3) is 6.43 Å². The predicted octanol–water partition coefficient (Wildman–Crippen LogP) is 1.82. The van der Waals surface area contributed by atoms with Gasteiger partial charge >= 0.3 is 0 Å². The molecule has 3 nitrogen and oxygen atoms in total. The molecular formula is C9H14F2N2OS. The Labute approximate surface area is 91.5 Å². The standard InChI is InChI=1S/C9H14F2N2OS/c1-7-13-8(6-15-7)4-12-2-3-14-5-9(10)11/h6,9,12H,2-5H2,1H3. The summed E-state index contributed by atoms with van der Waals surface area (Å²) in [4.78, 5) is 4.25. The molecule has 0 saturated heterocycles. The molecule has 0 aliphatic heterocycles. The molecule has 0 aromatic carbocycles. The normalized spacial score (nSPS) is 11.2. The van der Waals surface area contributed by atoms with Gasteiger partial charge in [0.2, 0.25) is 0 Å². The van der Waals surface area contributed by atoms with E-state index in [1.165, 1.54) is 0 Å². The highest BCUT2D eigenvalue weighted by Gasteiger charge is 2.01.